The second kappa shape index (κ2) is 16.9. The van der Waals surface area contributed by atoms with Crippen molar-refractivity contribution in [1.82, 2.24) is 10.2 Å². The van der Waals surface area contributed by atoms with Crippen LogP contribution in [0.5, 0.6) is 0 Å². The highest BCUT2D eigenvalue weighted by Gasteiger charge is 2.71. The summed E-state index contributed by atoms with van der Waals surface area (Å²) in [7, 11) is 0. The molecule has 0 aromatic carbocycles. The number of hydrogen-bond donors (Lipinski definition) is 7. The topological polar surface area (TPSA) is 197 Å². The first-order chi connectivity index (χ1) is 26.8. The van der Waals surface area contributed by atoms with Crippen LogP contribution in [0.25, 0.3) is 0 Å². The lowest BCUT2D eigenvalue weighted by Crippen LogP contribution is -2.67. The summed E-state index contributed by atoms with van der Waals surface area (Å²) in [5, 5.41) is 72.1. The molecule has 58 heavy (non-hydrogen) atoms. The normalized spacial score (nSPS) is 49.4. The molecule has 6 unspecified atom stereocenters. The largest absolute Gasteiger partial charge is 0.459 e. The molecule has 1 saturated heterocycles. The number of hydrogen-bond acceptors (Lipinski definition) is 11. The number of allylic oxidation sites excluding steroid dienone is 4. The third kappa shape index (κ3) is 7.99. The maximum absolute atomic E-state index is 17.6. The maximum Gasteiger partial charge on any atom is 0.311 e. The molecule has 4 fully saturated rings. The van der Waals surface area contributed by atoms with Crippen LogP contribution in [0.2, 0.25) is 0 Å². The number of alkyl halides is 1. The Labute approximate surface area is 344 Å². The Morgan fingerprint density at radius 3 is 2.28 bits per heavy atom. The van der Waals surface area contributed by atoms with Gasteiger partial charge < -0.3 is 40.7 Å². The minimum atomic E-state index is -1.96. The average Bonchev–Trinajstić information content (AvgIpc) is 3.41. The molecule has 1 aliphatic heterocycles. The first-order valence-electron chi connectivity index (χ1n) is 21.8. The van der Waals surface area contributed by atoms with Crippen molar-refractivity contribution in [2.75, 3.05) is 19.6 Å². The van der Waals surface area contributed by atoms with Crippen LogP contribution in [-0.2, 0) is 19.1 Å². The predicted molar refractivity (Wildman–Crippen MR) is 217 cm³/mol. The molecule has 13 heteroatoms. The van der Waals surface area contributed by atoms with Crippen molar-refractivity contribution in [2.24, 2.45) is 52.3 Å². The second-order valence-electron chi connectivity index (χ2n) is 20.2. The van der Waals surface area contributed by atoms with Crippen molar-refractivity contribution in [3.05, 3.63) is 23.8 Å². The standard InChI is InChI=1S/C45H73FN2O10/c1-11-34-44(10,57)38(53)28(6)48(23-24(2)21-43(9,56)37(52)26(4)36(51)27(5)40(55)58-34)18-12-17-47-39(54)35-25(3)19-32-31-14-13-29-20-30(49)15-16-42(29,8)45(31,46)33(50)22-41(32,35)7/h15-16,20,24-28,31-38,50-53,56-57H,11-14,17-19,21-23H2,1-10H3,(H,47,54)/t24-,25-,26+,27?,28?,31?,32?,33?,34-,35-,36+,37-,38?,41+,42+,43-,44-,45+/m1/s1. The lowest BCUT2D eigenvalue weighted by molar-refractivity contribution is -0.196. The summed E-state index contributed by atoms with van der Waals surface area (Å²) in [6.45, 7) is 18.2. The Balaban J connectivity index is 1.31. The lowest BCUT2D eigenvalue weighted by atomic mass is 9.45. The number of ketones is 1. The fraction of sp³-hybridized carbons (Fsp3) is 0.844. The molecule has 0 radical (unpaired) electrons. The molecule has 330 valence electrons. The molecule has 12 nitrogen and oxygen atoms in total. The first-order valence-corrected chi connectivity index (χ1v) is 21.8. The number of cyclic esters (lactones) is 1. The average molecular weight is 821 g/mol. The molecule has 1 heterocycles. The highest BCUT2D eigenvalue weighted by atomic mass is 19.1. The molecule has 1 amide bonds. The van der Waals surface area contributed by atoms with E-state index in [1.165, 1.54) is 32.9 Å². The van der Waals surface area contributed by atoms with E-state index >= 15 is 4.39 Å². The van der Waals surface area contributed by atoms with Gasteiger partial charge in [0, 0.05) is 48.8 Å². The van der Waals surface area contributed by atoms with Crippen molar-refractivity contribution in [2.45, 2.75) is 168 Å². The third-order valence-electron chi connectivity index (χ3n) is 16.0. The van der Waals surface area contributed by atoms with Crippen LogP contribution < -0.4 is 5.32 Å². The highest BCUT2D eigenvalue weighted by Crippen LogP contribution is 2.69. The molecule has 3 saturated carbocycles. The number of nitrogens with zero attached hydrogens (tertiary/aromatic N) is 1. The van der Waals surface area contributed by atoms with E-state index in [2.05, 4.69) is 5.32 Å². The zero-order chi connectivity index (χ0) is 43.5. The number of amides is 1. The number of ether oxygens (including phenoxy) is 1. The maximum atomic E-state index is 17.6. The number of carbonyl (C=O) groups excluding carboxylic acids is 3. The minimum absolute atomic E-state index is 0.0564. The van der Waals surface area contributed by atoms with Crippen LogP contribution in [0.15, 0.2) is 23.8 Å². The molecule has 4 aliphatic carbocycles. The van der Waals surface area contributed by atoms with Crippen LogP contribution in [-0.4, -0.2) is 126 Å². The fourth-order valence-corrected chi connectivity index (χ4v) is 12.6. The smallest absolute Gasteiger partial charge is 0.311 e. The van der Waals surface area contributed by atoms with E-state index in [0.29, 0.717) is 38.8 Å². The third-order valence-corrected chi connectivity index (χ3v) is 16.0. The number of rotatable bonds is 6. The van der Waals surface area contributed by atoms with E-state index in [9.17, 15) is 45.0 Å². The number of halogens is 1. The van der Waals surface area contributed by atoms with E-state index in [0.717, 1.165) is 5.57 Å². The monoisotopic (exact) mass is 821 g/mol. The summed E-state index contributed by atoms with van der Waals surface area (Å²) in [5.74, 6) is -4.44. The molecule has 0 bridgehead atoms. The molecule has 7 N–H and O–H groups in total. The number of fused-ring (bicyclic) bond motifs is 5. The Morgan fingerprint density at radius 1 is 0.983 bits per heavy atom. The summed E-state index contributed by atoms with van der Waals surface area (Å²) >= 11 is 0. The van der Waals surface area contributed by atoms with Crippen LogP contribution >= 0.6 is 0 Å². The molecule has 0 aromatic rings. The molecular formula is C45H73FN2O10. The van der Waals surface area contributed by atoms with E-state index in [4.69, 9.17) is 4.74 Å². The summed E-state index contributed by atoms with van der Waals surface area (Å²) < 4.78 is 23.3. The van der Waals surface area contributed by atoms with Crippen molar-refractivity contribution in [3.63, 3.8) is 0 Å². The van der Waals surface area contributed by atoms with E-state index in [1.54, 1.807) is 33.8 Å². The summed E-state index contributed by atoms with van der Waals surface area (Å²) in [5.41, 5.74) is -6.50. The molecule has 0 spiro atoms. The Bertz CT molecular complexity index is 1600. The Hall–Kier alpha value is -2.26. The van der Waals surface area contributed by atoms with Gasteiger partial charge >= 0.3 is 5.97 Å². The molecule has 5 rings (SSSR count). The van der Waals surface area contributed by atoms with E-state index < -0.39 is 93.9 Å². The lowest BCUT2D eigenvalue weighted by Gasteiger charge is -2.61. The number of nitrogens with one attached hydrogen (secondary N) is 1. The zero-order valence-corrected chi connectivity index (χ0v) is 36.5. The van der Waals surface area contributed by atoms with Gasteiger partial charge in [-0.25, -0.2) is 4.39 Å². The number of carbonyl (C=O) groups is 3. The van der Waals surface area contributed by atoms with Crippen LogP contribution in [0.3, 0.4) is 0 Å². The van der Waals surface area contributed by atoms with Crippen LogP contribution in [0.1, 0.15) is 114 Å². The van der Waals surface area contributed by atoms with E-state index in [-0.39, 0.29) is 55.3 Å². The van der Waals surface area contributed by atoms with Gasteiger partial charge in [-0.1, -0.05) is 46.3 Å². The van der Waals surface area contributed by atoms with Gasteiger partial charge in [-0.2, -0.15) is 0 Å². The summed E-state index contributed by atoms with van der Waals surface area (Å²) in [6.07, 6.45) is 0.640. The second-order valence-corrected chi connectivity index (χ2v) is 20.2. The Morgan fingerprint density at radius 2 is 1.64 bits per heavy atom. The van der Waals surface area contributed by atoms with Gasteiger partial charge in [0.2, 0.25) is 5.91 Å². The number of aliphatic hydroxyl groups excluding tert-OH is 4. The van der Waals surface area contributed by atoms with E-state index in [1.807, 2.05) is 25.7 Å². The van der Waals surface area contributed by atoms with Gasteiger partial charge in [-0.15, -0.1) is 0 Å². The Kier molecular flexibility index (Phi) is 13.6. The minimum Gasteiger partial charge on any atom is -0.459 e. The first kappa shape index (κ1) is 46.8. The van der Waals surface area contributed by atoms with Crippen LogP contribution in [0.4, 0.5) is 4.39 Å². The summed E-state index contributed by atoms with van der Waals surface area (Å²) in [4.78, 5) is 41.6. The van der Waals surface area contributed by atoms with Crippen molar-refractivity contribution < 1.29 is 54.2 Å². The highest BCUT2D eigenvalue weighted by molar-refractivity contribution is 6.01. The van der Waals surface area contributed by atoms with Crippen LogP contribution in [0, 0.1) is 52.3 Å². The number of aliphatic hydroxyl groups is 6. The van der Waals surface area contributed by atoms with Gasteiger partial charge in [-0.05, 0) is 115 Å². The SMILES string of the molecule is CC[C@H]1OC(=O)C(C)[C@@H](O)[C@H](C)[C@@H](O)[C@](C)(O)C[C@@H](C)CN(CCCNC(=O)[C@H]2[C@H](C)CC3C4CCC5=CC(=O)C=C[C@]5(C)[C@@]4(F)C(O)C[C@@]32C)C(C)C(O)[C@]1(C)O. The summed E-state index contributed by atoms with van der Waals surface area (Å²) in [6, 6.07) is -0.674. The molecule has 5 aliphatic rings. The van der Waals surface area contributed by atoms with Gasteiger partial charge in [0.05, 0.1) is 29.8 Å². The number of esters is 1. The van der Waals surface area contributed by atoms with Gasteiger partial charge in [0.25, 0.3) is 0 Å². The predicted octanol–water partition coefficient (Wildman–Crippen LogP) is 3.63. The van der Waals surface area contributed by atoms with Crippen molar-refractivity contribution in [1.29, 1.82) is 0 Å². The van der Waals surface area contributed by atoms with Gasteiger partial charge in [-0.3, -0.25) is 19.3 Å². The van der Waals surface area contributed by atoms with Crippen molar-refractivity contribution >= 4 is 17.7 Å². The molecule has 0 aromatic heterocycles. The van der Waals surface area contributed by atoms with Gasteiger partial charge in [0.1, 0.15) is 17.8 Å². The van der Waals surface area contributed by atoms with Crippen molar-refractivity contribution in [3.8, 4) is 0 Å². The van der Waals surface area contributed by atoms with Gasteiger partial charge in [0.15, 0.2) is 11.5 Å². The quantitative estimate of drug-likeness (QED) is 0.153. The molecule has 18 atom stereocenters. The zero-order valence-electron chi connectivity index (χ0n) is 36.5. The fourth-order valence-electron chi connectivity index (χ4n) is 12.6. The molecular weight excluding hydrogens is 747 g/mol.